The fraction of sp³-hybridized carbons (Fsp3) is 0.357. The Hall–Kier alpha value is -3.05. The molecule has 1 saturated carbocycles. The van der Waals surface area contributed by atoms with E-state index in [4.69, 9.17) is 11.6 Å². The SMILES string of the molecule is Cc1cccc(C2c3cccn3-c3ccccc3N2C(=O)CN(C(=O)C(C)(C)CCl)C2CC2)c1. The van der Waals surface area contributed by atoms with Crippen molar-refractivity contribution >= 4 is 29.1 Å². The van der Waals surface area contributed by atoms with Gasteiger partial charge in [-0.3, -0.25) is 14.5 Å². The van der Waals surface area contributed by atoms with Crippen LogP contribution < -0.4 is 4.90 Å². The van der Waals surface area contributed by atoms with E-state index in [0.717, 1.165) is 41.0 Å². The van der Waals surface area contributed by atoms with Gasteiger partial charge in [0.25, 0.3) is 0 Å². The zero-order valence-electron chi connectivity index (χ0n) is 19.9. The Labute approximate surface area is 205 Å². The monoisotopic (exact) mass is 475 g/mol. The molecular formula is C28H30ClN3O2. The Balaban J connectivity index is 1.59. The van der Waals surface area contributed by atoms with Crippen LogP contribution in [-0.2, 0) is 9.59 Å². The van der Waals surface area contributed by atoms with Crippen molar-refractivity contribution in [3.8, 4) is 5.69 Å². The van der Waals surface area contributed by atoms with Crippen molar-refractivity contribution in [1.29, 1.82) is 0 Å². The fourth-order valence-electron chi connectivity index (χ4n) is 4.84. The van der Waals surface area contributed by atoms with Crippen LogP contribution in [0.5, 0.6) is 0 Å². The second-order valence-corrected chi connectivity index (χ2v) is 10.3. The Morgan fingerprint density at radius 2 is 1.76 bits per heavy atom. The van der Waals surface area contributed by atoms with E-state index in [0.29, 0.717) is 0 Å². The molecule has 0 N–H and O–H groups in total. The number of hydrogen-bond donors (Lipinski definition) is 0. The molecule has 2 aliphatic rings. The Bertz CT molecular complexity index is 1240. The van der Waals surface area contributed by atoms with E-state index in [1.807, 2.05) is 61.3 Å². The summed E-state index contributed by atoms with van der Waals surface area (Å²) >= 11 is 6.13. The molecule has 2 heterocycles. The van der Waals surface area contributed by atoms with Gasteiger partial charge in [-0.2, -0.15) is 0 Å². The second-order valence-electron chi connectivity index (χ2n) is 10.1. The van der Waals surface area contributed by atoms with Crippen molar-refractivity contribution in [3.63, 3.8) is 0 Å². The molecule has 1 unspecified atom stereocenters. The lowest BCUT2D eigenvalue weighted by Gasteiger charge is -2.40. The molecule has 1 atom stereocenters. The quantitative estimate of drug-likeness (QED) is 0.443. The van der Waals surface area contributed by atoms with Crippen molar-refractivity contribution in [2.75, 3.05) is 17.3 Å². The standard InChI is InChI=1S/C28H30ClN3O2/c1-19-8-6-9-20(16-19)26-24-12-7-15-30(24)22-10-4-5-11-23(22)32(26)25(33)17-31(21-13-14-21)27(34)28(2,3)18-29/h4-12,15-16,21,26H,13-14,17-18H2,1-3H3. The van der Waals surface area contributed by atoms with Gasteiger partial charge in [-0.05, 0) is 63.4 Å². The molecule has 2 aromatic carbocycles. The largest absolute Gasteiger partial charge is 0.330 e. The van der Waals surface area contributed by atoms with E-state index < -0.39 is 5.41 Å². The lowest BCUT2D eigenvalue weighted by atomic mass is 9.94. The molecule has 5 nitrogen and oxygen atoms in total. The fourth-order valence-corrected chi connectivity index (χ4v) is 4.95. The number of para-hydroxylation sites is 2. The van der Waals surface area contributed by atoms with E-state index >= 15 is 0 Å². The number of amides is 2. The number of aromatic nitrogens is 1. The zero-order valence-corrected chi connectivity index (χ0v) is 20.6. The number of aryl methyl sites for hydroxylation is 1. The maximum absolute atomic E-state index is 14.1. The first-order valence-corrected chi connectivity index (χ1v) is 12.4. The van der Waals surface area contributed by atoms with Crippen LogP contribution in [0, 0.1) is 12.3 Å². The second kappa shape index (κ2) is 8.62. The van der Waals surface area contributed by atoms with Gasteiger partial charge < -0.3 is 9.47 Å². The van der Waals surface area contributed by atoms with Gasteiger partial charge in [0.2, 0.25) is 11.8 Å². The highest BCUT2D eigenvalue weighted by atomic mass is 35.5. The zero-order chi connectivity index (χ0) is 24.0. The molecule has 1 aromatic heterocycles. The summed E-state index contributed by atoms with van der Waals surface area (Å²) in [6.45, 7) is 5.80. The molecule has 0 spiro atoms. The molecule has 5 rings (SSSR count). The Kier molecular flexibility index (Phi) is 5.76. The predicted octanol–water partition coefficient (Wildman–Crippen LogP) is 5.48. The van der Waals surface area contributed by atoms with E-state index in [1.54, 1.807) is 4.90 Å². The van der Waals surface area contributed by atoms with E-state index in [2.05, 4.69) is 35.8 Å². The number of carbonyl (C=O) groups excluding carboxylic acids is 2. The highest BCUT2D eigenvalue weighted by Gasteiger charge is 2.43. The lowest BCUT2D eigenvalue weighted by Crippen LogP contribution is -2.50. The summed E-state index contributed by atoms with van der Waals surface area (Å²) in [5.41, 5.74) is 4.32. The molecule has 1 aliphatic carbocycles. The number of nitrogens with zero attached hydrogens (tertiary/aromatic N) is 3. The van der Waals surface area contributed by atoms with Gasteiger partial charge in [-0.25, -0.2) is 0 Å². The molecule has 0 radical (unpaired) electrons. The van der Waals surface area contributed by atoms with Crippen molar-refractivity contribution in [2.24, 2.45) is 5.41 Å². The summed E-state index contributed by atoms with van der Waals surface area (Å²) in [7, 11) is 0. The first-order chi connectivity index (χ1) is 16.3. The number of hydrogen-bond acceptors (Lipinski definition) is 2. The molecule has 1 fully saturated rings. The van der Waals surface area contributed by atoms with Crippen LogP contribution in [0.1, 0.15) is 49.6 Å². The molecule has 1 aliphatic heterocycles. The van der Waals surface area contributed by atoms with Crippen molar-refractivity contribution < 1.29 is 9.59 Å². The molecule has 0 bridgehead atoms. The number of anilines is 1. The summed E-state index contributed by atoms with van der Waals surface area (Å²) in [6, 6.07) is 20.2. The average Bonchev–Trinajstić information content (AvgIpc) is 3.56. The van der Waals surface area contributed by atoms with Gasteiger partial charge in [-0.15, -0.1) is 11.6 Å². The molecule has 0 saturated heterocycles. The molecule has 6 heteroatoms. The molecule has 3 aromatic rings. The van der Waals surface area contributed by atoms with Gasteiger partial charge in [0.15, 0.2) is 0 Å². The Morgan fingerprint density at radius 3 is 2.44 bits per heavy atom. The van der Waals surface area contributed by atoms with Crippen LogP contribution in [-0.4, -0.2) is 39.7 Å². The maximum atomic E-state index is 14.1. The van der Waals surface area contributed by atoms with Crippen LogP contribution in [0.2, 0.25) is 0 Å². The first-order valence-electron chi connectivity index (χ1n) is 11.8. The maximum Gasteiger partial charge on any atom is 0.247 e. The third-order valence-corrected chi connectivity index (χ3v) is 7.48. The molecule has 2 amide bonds. The van der Waals surface area contributed by atoms with E-state index in [-0.39, 0.29) is 36.3 Å². The minimum Gasteiger partial charge on any atom is -0.330 e. The number of rotatable bonds is 6. The molecular weight excluding hydrogens is 446 g/mol. The predicted molar refractivity (Wildman–Crippen MR) is 136 cm³/mol. The molecule has 176 valence electrons. The molecule has 34 heavy (non-hydrogen) atoms. The van der Waals surface area contributed by atoms with Crippen molar-refractivity contribution in [2.45, 2.75) is 45.7 Å². The third-order valence-electron chi connectivity index (χ3n) is 6.81. The van der Waals surface area contributed by atoms with Crippen molar-refractivity contribution in [3.05, 3.63) is 83.7 Å². The average molecular weight is 476 g/mol. The van der Waals surface area contributed by atoms with Crippen LogP contribution in [0.25, 0.3) is 5.69 Å². The van der Waals surface area contributed by atoms with Crippen LogP contribution in [0.4, 0.5) is 5.69 Å². The normalized spacial score (nSPS) is 17.2. The lowest BCUT2D eigenvalue weighted by molar-refractivity contribution is -0.142. The van der Waals surface area contributed by atoms with Gasteiger partial charge in [0.05, 0.1) is 22.5 Å². The smallest absolute Gasteiger partial charge is 0.247 e. The van der Waals surface area contributed by atoms with E-state index in [9.17, 15) is 9.59 Å². The number of halogens is 1. The Morgan fingerprint density at radius 1 is 1.03 bits per heavy atom. The number of alkyl halides is 1. The number of carbonyl (C=O) groups is 2. The summed E-state index contributed by atoms with van der Waals surface area (Å²) in [5, 5.41) is 0. The van der Waals surface area contributed by atoms with Crippen molar-refractivity contribution in [1.82, 2.24) is 9.47 Å². The number of fused-ring (bicyclic) bond motifs is 3. The topological polar surface area (TPSA) is 45.6 Å². The highest BCUT2D eigenvalue weighted by molar-refractivity contribution is 6.20. The van der Waals surface area contributed by atoms with Gasteiger partial charge in [0, 0.05) is 18.1 Å². The minimum absolute atomic E-state index is 0.0428. The van der Waals surface area contributed by atoms with Crippen LogP contribution >= 0.6 is 11.6 Å². The summed E-state index contributed by atoms with van der Waals surface area (Å²) < 4.78 is 2.16. The highest BCUT2D eigenvalue weighted by Crippen LogP contribution is 2.43. The van der Waals surface area contributed by atoms with E-state index in [1.165, 1.54) is 0 Å². The van der Waals surface area contributed by atoms with Crippen LogP contribution in [0.3, 0.4) is 0 Å². The minimum atomic E-state index is -0.713. The summed E-state index contributed by atoms with van der Waals surface area (Å²) in [5.74, 6) is 0.0750. The number of benzene rings is 2. The van der Waals surface area contributed by atoms with Gasteiger partial charge in [-0.1, -0.05) is 42.0 Å². The van der Waals surface area contributed by atoms with Gasteiger partial charge in [0.1, 0.15) is 12.6 Å². The summed E-state index contributed by atoms with van der Waals surface area (Å²) in [6.07, 6.45) is 3.90. The van der Waals surface area contributed by atoms with Gasteiger partial charge >= 0.3 is 0 Å². The first kappa shape index (κ1) is 22.7. The third kappa shape index (κ3) is 3.92. The van der Waals surface area contributed by atoms with Crippen LogP contribution in [0.15, 0.2) is 66.9 Å². The summed E-state index contributed by atoms with van der Waals surface area (Å²) in [4.78, 5) is 31.1.